The van der Waals surface area contributed by atoms with Crippen molar-refractivity contribution in [2.24, 2.45) is 5.92 Å². The molecule has 0 radical (unpaired) electrons. The lowest BCUT2D eigenvalue weighted by Crippen LogP contribution is -2.52. The molecule has 0 fully saturated rings. The highest BCUT2D eigenvalue weighted by Gasteiger charge is 2.34. The Balaban J connectivity index is 2.10. The number of anilines is 1. The quantitative estimate of drug-likeness (QED) is 0.246. The Bertz CT molecular complexity index is 1500. The van der Waals surface area contributed by atoms with Gasteiger partial charge in [-0.25, -0.2) is 8.42 Å². The van der Waals surface area contributed by atoms with Crippen LogP contribution in [-0.2, 0) is 26.2 Å². The SMILES string of the molecule is CC[C@@H](C(=O)NCC(C)C)N(Cc1cccc(OC)c1)C(=O)CN(c1cc(Cl)ccc1Cl)S(=O)(=O)c1ccc(C)cc1. The Morgan fingerprint density at radius 1 is 1.00 bits per heavy atom. The first-order valence-corrected chi connectivity index (χ1v) is 15.8. The minimum absolute atomic E-state index is 0.0157. The van der Waals surface area contributed by atoms with E-state index in [2.05, 4.69) is 5.32 Å². The van der Waals surface area contributed by atoms with Crippen LogP contribution in [0.1, 0.15) is 38.3 Å². The number of hydrogen-bond donors (Lipinski definition) is 1. The molecule has 3 aromatic rings. The Kier molecular flexibility index (Phi) is 11.7. The highest BCUT2D eigenvalue weighted by molar-refractivity contribution is 7.92. The second-order valence-corrected chi connectivity index (χ2v) is 13.1. The van der Waals surface area contributed by atoms with Gasteiger partial charge in [0.1, 0.15) is 18.3 Å². The molecule has 226 valence electrons. The fourth-order valence-corrected chi connectivity index (χ4v) is 6.20. The van der Waals surface area contributed by atoms with Crippen LogP contribution >= 0.6 is 23.2 Å². The van der Waals surface area contributed by atoms with E-state index in [1.165, 1.54) is 35.2 Å². The van der Waals surface area contributed by atoms with Gasteiger partial charge in [0, 0.05) is 18.1 Å². The van der Waals surface area contributed by atoms with Crippen LogP contribution in [0.2, 0.25) is 10.0 Å². The van der Waals surface area contributed by atoms with Crippen molar-refractivity contribution in [3.05, 3.63) is 87.9 Å². The third kappa shape index (κ3) is 8.40. The standard InChI is InChI=1S/C31H37Cl2N3O5S/c1-6-28(31(38)34-18-21(2)3)35(19-23-8-7-9-25(16-23)41-5)30(37)20-36(29-17-24(32)12-15-27(29)33)42(39,40)26-13-10-22(4)11-14-26/h7-17,21,28H,6,18-20H2,1-5H3,(H,34,38)/t28-/m0/s1. The van der Waals surface area contributed by atoms with E-state index in [1.54, 1.807) is 44.4 Å². The van der Waals surface area contributed by atoms with Crippen LogP contribution in [0.5, 0.6) is 5.75 Å². The van der Waals surface area contributed by atoms with Crippen LogP contribution in [-0.4, -0.2) is 51.4 Å². The van der Waals surface area contributed by atoms with Crippen LogP contribution < -0.4 is 14.4 Å². The summed E-state index contributed by atoms with van der Waals surface area (Å²) in [5.74, 6) is -0.118. The van der Waals surface area contributed by atoms with Crippen LogP contribution in [0.4, 0.5) is 5.69 Å². The van der Waals surface area contributed by atoms with Crippen molar-refractivity contribution in [1.29, 1.82) is 0 Å². The molecule has 0 unspecified atom stereocenters. The van der Waals surface area contributed by atoms with E-state index in [9.17, 15) is 18.0 Å². The number of aryl methyl sites for hydroxylation is 1. The van der Waals surface area contributed by atoms with Gasteiger partial charge < -0.3 is 15.0 Å². The number of nitrogens with one attached hydrogen (secondary N) is 1. The number of nitrogens with zero attached hydrogens (tertiary/aromatic N) is 2. The van der Waals surface area contributed by atoms with Crippen molar-refractivity contribution in [2.45, 2.75) is 51.6 Å². The summed E-state index contributed by atoms with van der Waals surface area (Å²) >= 11 is 12.7. The third-order valence-electron chi connectivity index (χ3n) is 6.62. The number of hydrogen-bond acceptors (Lipinski definition) is 5. The first kappa shape index (κ1) is 33.2. The zero-order valence-electron chi connectivity index (χ0n) is 24.4. The zero-order valence-corrected chi connectivity index (χ0v) is 26.8. The number of sulfonamides is 1. The minimum atomic E-state index is -4.27. The second kappa shape index (κ2) is 14.8. The van der Waals surface area contributed by atoms with Gasteiger partial charge in [-0.15, -0.1) is 0 Å². The molecule has 1 atom stereocenters. The number of ether oxygens (including phenoxy) is 1. The van der Waals surface area contributed by atoms with Crippen molar-refractivity contribution in [2.75, 3.05) is 24.5 Å². The third-order valence-corrected chi connectivity index (χ3v) is 8.95. The van der Waals surface area contributed by atoms with Gasteiger partial charge in [0.15, 0.2) is 0 Å². The molecule has 2 amide bonds. The van der Waals surface area contributed by atoms with Crippen molar-refractivity contribution in [3.8, 4) is 5.75 Å². The monoisotopic (exact) mass is 633 g/mol. The lowest BCUT2D eigenvalue weighted by molar-refractivity contribution is -0.140. The molecular weight excluding hydrogens is 597 g/mol. The average molecular weight is 635 g/mol. The number of halogens is 2. The van der Waals surface area contributed by atoms with E-state index in [0.29, 0.717) is 24.3 Å². The lowest BCUT2D eigenvalue weighted by Gasteiger charge is -2.33. The van der Waals surface area contributed by atoms with E-state index in [0.717, 1.165) is 9.87 Å². The fraction of sp³-hybridized carbons (Fsp3) is 0.355. The summed E-state index contributed by atoms with van der Waals surface area (Å²) in [6, 6.07) is 17.0. The number of amides is 2. The molecule has 3 aromatic carbocycles. The molecule has 0 saturated carbocycles. The maximum absolute atomic E-state index is 14.2. The Labute approximate surface area is 258 Å². The normalized spacial score (nSPS) is 12.1. The molecule has 3 rings (SSSR count). The number of benzene rings is 3. The van der Waals surface area contributed by atoms with Gasteiger partial charge in [-0.3, -0.25) is 13.9 Å². The fourth-order valence-electron chi connectivity index (χ4n) is 4.34. The van der Waals surface area contributed by atoms with Crippen LogP contribution in [0, 0.1) is 12.8 Å². The van der Waals surface area contributed by atoms with E-state index >= 15 is 0 Å². The van der Waals surface area contributed by atoms with Crippen LogP contribution in [0.3, 0.4) is 0 Å². The minimum Gasteiger partial charge on any atom is -0.497 e. The van der Waals surface area contributed by atoms with E-state index in [4.69, 9.17) is 27.9 Å². The molecule has 42 heavy (non-hydrogen) atoms. The van der Waals surface area contributed by atoms with E-state index in [-0.39, 0.29) is 39.0 Å². The van der Waals surface area contributed by atoms with Crippen molar-refractivity contribution in [1.82, 2.24) is 10.2 Å². The molecule has 0 aliphatic heterocycles. The number of rotatable bonds is 13. The zero-order chi connectivity index (χ0) is 31.0. The van der Waals surface area contributed by atoms with Crippen molar-refractivity contribution >= 4 is 50.7 Å². The predicted molar refractivity (Wildman–Crippen MR) is 168 cm³/mol. The van der Waals surface area contributed by atoms with Gasteiger partial charge in [0.25, 0.3) is 10.0 Å². The average Bonchev–Trinajstić information content (AvgIpc) is 2.96. The van der Waals surface area contributed by atoms with Crippen LogP contribution in [0.25, 0.3) is 0 Å². The highest BCUT2D eigenvalue weighted by Crippen LogP contribution is 2.33. The second-order valence-electron chi connectivity index (χ2n) is 10.4. The summed E-state index contributed by atoms with van der Waals surface area (Å²) in [5, 5.41) is 3.26. The van der Waals surface area contributed by atoms with Crippen LogP contribution in [0.15, 0.2) is 71.6 Å². The van der Waals surface area contributed by atoms with Gasteiger partial charge in [0.05, 0.1) is 22.7 Å². The molecule has 0 spiro atoms. The smallest absolute Gasteiger partial charge is 0.264 e. The van der Waals surface area contributed by atoms with Gasteiger partial charge in [-0.2, -0.15) is 0 Å². The summed E-state index contributed by atoms with van der Waals surface area (Å²) < 4.78 is 34.3. The molecule has 0 saturated heterocycles. The number of carbonyl (C=O) groups excluding carboxylic acids is 2. The van der Waals surface area contributed by atoms with Gasteiger partial charge in [0.2, 0.25) is 11.8 Å². The number of methoxy groups -OCH3 is 1. The summed E-state index contributed by atoms with van der Waals surface area (Å²) in [7, 11) is -2.73. The molecule has 0 aliphatic rings. The lowest BCUT2D eigenvalue weighted by atomic mass is 10.1. The maximum atomic E-state index is 14.2. The molecule has 8 nitrogen and oxygen atoms in total. The summed E-state index contributed by atoms with van der Waals surface area (Å²) in [6.45, 7) is 7.46. The van der Waals surface area contributed by atoms with Gasteiger partial charge in [-0.05, 0) is 67.3 Å². The topological polar surface area (TPSA) is 96.0 Å². The molecular formula is C31H37Cl2N3O5S. The first-order valence-electron chi connectivity index (χ1n) is 13.6. The molecule has 11 heteroatoms. The van der Waals surface area contributed by atoms with Crippen molar-refractivity contribution < 1.29 is 22.7 Å². The summed E-state index contributed by atoms with van der Waals surface area (Å²) in [6.07, 6.45) is 0.308. The van der Waals surface area contributed by atoms with Crippen molar-refractivity contribution in [3.63, 3.8) is 0 Å². The molecule has 1 N–H and O–H groups in total. The predicted octanol–water partition coefficient (Wildman–Crippen LogP) is 6.09. The Morgan fingerprint density at radius 2 is 1.69 bits per heavy atom. The Hall–Kier alpha value is -3.27. The largest absolute Gasteiger partial charge is 0.497 e. The molecule has 0 aliphatic carbocycles. The van der Waals surface area contributed by atoms with Gasteiger partial charge >= 0.3 is 0 Å². The maximum Gasteiger partial charge on any atom is 0.264 e. The molecule has 0 aromatic heterocycles. The summed E-state index contributed by atoms with van der Waals surface area (Å²) in [5.41, 5.74) is 1.64. The first-order chi connectivity index (χ1) is 19.9. The Morgan fingerprint density at radius 3 is 2.31 bits per heavy atom. The molecule has 0 heterocycles. The van der Waals surface area contributed by atoms with Gasteiger partial charge in [-0.1, -0.05) is 73.8 Å². The van der Waals surface area contributed by atoms with E-state index in [1.807, 2.05) is 26.8 Å². The number of carbonyl (C=O) groups is 2. The van der Waals surface area contributed by atoms with E-state index < -0.39 is 28.5 Å². The summed E-state index contributed by atoms with van der Waals surface area (Å²) in [4.78, 5) is 28.9. The molecule has 0 bridgehead atoms. The highest BCUT2D eigenvalue weighted by atomic mass is 35.5.